The average molecular weight is 294 g/mol. The molecule has 2 atom stereocenters. The third-order valence-electron chi connectivity index (χ3n) is 3.11. The maximum Gasteiger partial charge on any atom is 0.129 e. The number of aromatic nitrogens is 1. The highest BCUT2D eigenvalue weighted by Crippen LogP contribution is 2.38. The summed E-state index contributed by atoms with van der Waals surface area (Å²) < 4.78 is 27.8. The van der Waals surface area contributed by atoms with Crippen LogP contribution in [0.1, 0.15) is 28.7 Å². The summed E-state index contributed by atoms with van der Waals surface area (Å²) in [4.78, 5) is 4.52. The summed E-state index contributed by atoms with van der Waals surface area (Å²) in [6, 6.07) is 5.66. The van der Waals surface area contributed by atoms with E-state index in [1.165, 1.54) is 23.6 Å². The van der Waals surface area contributed by atoms with Gasteiger partial charge in [0.25, 0.3) is 0 Å². The molecule has 0 radical (unpaired) electrons. The molecule has 0 fully saturated rings. The molecule has 1 heterocycles. The van der Waals surface area contributed by atoms with E-state index in [-0.39, 0.29) is 18.6 Å². The van der Waals surface area contributed by atoms with Gasteiger partial charge in [-0.15, -0.1) is 11.3 Å². The first-order valence-corrected chi connectivity index (χ1v) is 6.89. The SMILES string of the molecule is N#C[C@H](c1cncs1)[C@@H](CCO)c1c(F)cccc1F. The van der Waals surface area contributed by atoms with Crippen molar-refractivity contribution < 1.29 is 13.9 Å². The second kappa shape index (κ2) is 6.55. The Balaban J connectivity index is 2.48. The molecule has 20 heavy (non-hydrogen) atoms. The minimum absolute atomic E-state index is 0.105. The predicted molar refractivity (Wildman–Crippen MR) is 71.3 cm³/mol. The molecule has 3 nitrogen and oxygen atoms in total. The number of benzene rings is 1. The number of hydrogen-bond donors (Lipinski definition) is 1. The maximum atomic E-state index is 13.9. The van der Waals surface area contributed by atoms with Gasteiger partial charge in [-0.05, 0) is 18.6 Å². The lowest BCUT2D eigenvalue weighted by molar-refractivity contribution is 0.269. The number of nitriles is 1. The quantitative estimate of drug-likeness (QED) is 0.921. The van der Waals surface area contributed by atoms with E-state index in [0.717, 1.165) is 12.1 Å². The molecule has 1 aromatic heterocycles. The molecule has 0 saturated heterocycles. The molecular weight excluding hydrogens is 282 g/mol. The Hall–Kier alpha value is -1.84. The molecule has 2 aromatic rings. The standard InChI is InChI=1S/C14H12F2N2OS/c15-11-2-1-3-12(16)14(11)9(4-5-19)10(6-17)13-7-18-8-20-13/h1-3,7-10,19H,4-5H2/t9-,10+/m1/s1. The molecule has 0 spiro atoms. The highest BCUT2D eigenvalue weighted by Gasteiger charge is 2.30. The fraction of sp³-hybridized carbons (Fsp3) is 0.286. The number of aliphatic hydroxyl groups excluding tert-OH is 1. The van der Waals surface area contributed by atoms with Gasteiger partial charge in [-0.2, -0.15) is 5.26 Å². The van der Waals surface area contributed by atoms with Crippen molar-refractivity contribution in [1.29, 1.82) is 5.26 Å². The minimum atomic E-state index is -0.744. The van der Waals surface area contributed by atoms with Gasteiger partial charge in [-0.3, -0.25) is 4.98 Å². The fourth-order valence-electron chi connectivity index (χ4n) is 2.21. The van der Waals surface area contributed by atoms with Crippen LogP contribution in [0.15, 0.2) is 29.9 Å². The predicted octanol–water partition coefficient (Wildman–Crippen LogP) is 3.19. The van der Waals surface area contributed by atoms with Gasteiger partial charge in [0.1, 0.15) is 11.6 Å². The zero-order valence-corrected chi connectivity index (χ0v) is 11.3. The summed E-state index contributed by atoms with van der Waals surface area (Å²) in [5.41, 5.74) is 1.41. The number of aliphatic hydroxyl groups is 1. The fourth-order valence-corrected chi connectivity index (χ4v) is 2.94. The van der Waals surface area contributed by atoms with E-state index in [2.05, 4.69) is 11.1 Å². The second-order valence-electron chi connectivity index (χ2n) is 4.26. The van der Waals surface area contributed by atoms with E-state index in [4.69, 9.17) is 5.11 Å². The monoisotopic (exact) mass is 294 g/mol. The molecule has 0 bridgehead atoms. The van der Waals surface area contributed by atoms with Crippen LogP contribution in [0.5, 0.6) is 0 Å². The van der Waals surface area contributed by atoms with Crippen LogP contribution in [0.3, 0.4) is 0 Å². The van der Waals surface area contributed by atoms with Crippen LogP contribution in [0.4, 0.5) is 8.78 Å². The number of nitrogens with zero attached hydrogens (tertiary/aromatic N) is 2. The normalized spacial score (nSPS) is 13.7. The van der Waals surface area contributed by atoms with E-state index in [1.54, 1.807) is 5.51 Å². The third-order valence-corrected chi connectivity index (χ3v) is 3.97. The van der Waals surface area contributed by atoms with Crippen LogP contribution in [-0.4, -0.2) is 16.7 Å². The summed E-state index contributed by atoms with van der Waals surface area (Å²) >= 11 is 1.26. The van der Waals surface area contributed by atoms with E-state index in [9.17, 15) is 14.0 Å². The Morgan fingerprint density at radius 2 is 2.05 bits per heavy atom. The first kappa shape index (κ1) is 14.6. The summed E-state index contributed by atoms with van der Waals surface area (Å²) in [5, 5.41) is 18.5. The molecule has 0 aliphatic rings. The number of thiazole rings is 1. The molecule has 0 amide bonds. The molecule has 0 unspecified atom stereocenters. The lowest BCUT2D eigenvalue weighted by atomic mass is 9.83. The van der Waals surface area contributed by atoms with Crippen LogP contribution in [0, 0.1) is 23.0 Å². The maximum absolute atomic E-state index is 13.9. The van der Waals surface area contributed by atoms with Gasteiger partial charge in [0.15, 0.2) is 0 Å². The Morgan fingerprint density at radius 1 is 1.35 bits per heavy atom. The van der Waals surface area contributed by atoms with Gasteiger partial charge in [0.2, 0.25) is 0 Å². The molecule has 2 rings (SSSR count). The molecule has 104 valence electrons. The van der Waals surface area contributed by atoms with E-state index < -0.39 is 23.5 Å². The van der Waals surface area contributed by atoms with Crippen molar-refractivity contribution in [3.63, 3.8) is 0 Å². The topological polar surface area (TPSA) is 56.9 Å². The van der Waals surface area contributed by atoms with Crippen molar-refractivity contribution in [1.82, 2.24) is 4.98 Å². The Bertz CT molecular complexity index is 590. The van der Waals surface area contributed by atoms with Crippen LogP contribution in [0.2, 0.25) is 0 Å². The molecule has 1 N–H and O–H groups in total. The van der Waals surface area contributed by atoms with Gasteiger partial charge in [-0.25, -0.2) is 8.78 Å². The van der Waals surface area contributed by atoms with Gasteiger partial charge < -0.3 is 5.11 Å². The zero-order valence-electron chi connectivity index (χ0n) is 10.5. The number of halogens is 2. The van der Waals surface area contributed by atoms with Crippen LogP contribution in [0.25, 0.3) is 0 Å². The summed E-state index contributed by atoms with van der Waals surface area (Å²) in [5.74, 6) is -2.88. The van der Waals surface area contributed by atoms with Crippen molar-refractivity contribution in [3.8, 4) is 6.07 Å². The number of rotatable bonds is 5. The first-order valence-electron chi connectivity index (χ1n) is 6.01. The highest BCUT2D eigenvalue weighted by atomic mass is 32.1. The Labute approximate surface area is 119 Å². The van der Waals surface area contributed by atoms with E-state index in [1.807, 2.05) is 0 Å². The van der Waals surface area contributed by atoms with Gasteiger partial charge >= 0.3 is 0 Å². The van der Waals surface area contributed by atoms with Crippen molar-refractivity contribution in [3.05, 3.63) is 52.0 Å². The van der Waals surface area contributed by atoms with E-state index >= 15 is 0 Å². The average Bonchev–Trinajstić information content (AvgIpc) is 2.93. The van der Waals surface area contributed by atoms with E-state index in [0.29, 0.717) is 4.88 Å². The van der Waals surface area contributed by atoms with Crippen molar-refractivity contribution in [2.75, 3.05) is 6.61 Å². The van der Waals surface area contributed by atoms with Crippen molar-refractivity contribution in [2.45, 2.75) is 18.3 Å². The van der Waals surface area contributed by atoms with Crippen LogP contribution in [-0.2, 0) is 0 Å². The Morgan fingerprint density at radius 3 is 2.55 bits per heavy atom. The number of hydrogen-bond acceptors (Lipinski definition) is 4. The largest absolute Gasteiger partial charge is 0.396 e. The highest BCUT2D eigenvalue weighted by molar-refractivity contribution is 7.09. The summed E-state index contributed by atoms with van der Waals surface area (Å²) in [6.07, 6.45) is 1.62. The first-order chi connectivity index (χ1) is 9.69. The molecule has 0 saturated carbocycles. The van der Waals surface area contributed by atoms with Crippen LogP contribution < -0.4 is 0 Å². The van der Waals surface area contributed by atoms with Gasteiger partial charge in [0, 0.05) is 29.2 Å². The molecule has 6 heteroatoms. The van der Waals surface area contributed by atoms with Crippen molar-refractivity contribution >= 4 is 11.3 Å². The molecule has 0 aliphatic heterocycles. The minimum Gasteiger partial charge on any atom is -0.396 e. The lowest BCUT2D eigenvalue weighted by Crippen LogP contribution is -2.14. The summed E-state index contributed by atoms with van der Waals surface area (Å²) in [7, 11) is 0. The second-order valence-corrected chi connectivity index (χ2v) is 5.18. The van der Waals surface area contributed by atoms with Gasteiger partial charge in [0.05, 0.1) is 17.5 Å². The van der Waals surface area contributed by atoms with Crippen molar-refractivity contribution in [2.24, 2.45) is 0 Å². The lowest BCUT2D eigenvalue weighted by Gasteiger charge is -2.21. The molecular formula is C14H12F2N2OS. The Kier molecular flexibility index (Phi) is 4.77. The zero-order chi connectivity index (χ0) is 14.5. The molecule has 1 aromatic carbocycles. The smallest absolute Gasteiger partial charge is 0.129 e. The van der Waals surface area contributed by atoms with Crippen LogP contribution >= 0.6 is 11.3 Å². The third kappa shape index (κ3) is 2.84. The van der Waals surface area contributed by atoms with Gasteiger partial charge in [-0.1, -0.05) is 6.07 Å². The molecule has 0 aliphatic carbocycles. The summed E-state index contributed by atoms with van der Waals surface area (Å²) in [6.45, 7) is -0.255.